The molecule has 0 bridgehead atoms. The molecule has 3 N–H and O–H groups in total. The monoisotopic (exact) mass is 286 g/mol. The Bertz CT molecular complexity index is 643. The van der Waals surface area contributed by atoms with Gasteiger partial charge in [-0.1, -0.05) is 12.1 Å². The molecule has 0 saturated heterocycles. The van der Waals surface area contributed by atoms with E-state index in [2.05, 4.69) is 5.32 Å². The predicted molar refractivity (Wildman–Crippen MR) is 82.3 cm³/mol. The van der Waals surface area contributed by atoms with Gasteiger partial charge in [0.05, 0.1) is 18.0 Å². The molecule has 2 aromatic rings. The van der Waals surface area contributed by atoms with Gasteiger partial charge in [-0.05, 0) is 17.7 Å². The zero-order valence-corrected chi connectivity index (χ0v) is 11.9. The molecule has 2 aromatic carbocycles. The summed E-state index contributed by atoms with van der Waals surface area (Å²) in [6.07, 6.45) is 0. The average Bonchev–Trinajstić information content (AvgIpc) is 2.49. The lowest BCUT2D eigenvalue weighted by Gasteiger charge is -2.20. The van der Waals surface area contributed by atoms with E-state index < -0.39 is 0 Å². The number of nitrogens with one attached hydrogen (secondary N) is 1. The molecule has 0 unspecified atom stereocenters. The van der Waals surface area contributed by atoms with Crippen LogP contribution in [0.15, 0.2) is 36.4 Å². The molecule has 110 valence electrons. The highest BCUT2D eigenvalue weighted by atomic mass is 16.6. The van der Waals surface area contributed by atoms with Crippen molar-refractivity contribution in [2.45, 2.75) is 6.61 Å². The fourth-order valence-corrected chi connectivity index (χ4v) is 2.27. The van der Waals surface area contributed by atoms with Gasteiger partial charge in [0, 0.05) is 24.9 Å². The Morgan fingerprint density at radius 3 is 2.67 bits per heavy atom. The van der Waals surface area contributed by atoms with Crippen LogP contribution in [0.1, 0.15) is 5.56 Å². The summed E-state index contributed by atoms with van der Waals surface area (Å²) in [5, 5.41) is 3.31. The second-order valence-corrected chi connectivity index (χ2v) is 4.84. The van der Waals surface area contributed by atoms with Crippen molar-refractivity contribution in [1.82, 2.24) is 0 Å². The highest BCUT2D eigenvalue weighted by molar-refractivity contribution is 5.76. The van der Waals surface area contributed by atoms with Gasteiger partial charge in [0.25, 0.3) is 0 Å². The third kappa shape index (κ3) is 3.03. The quantitative estimate of drug-likeness (QED) is 0.846. The van der Waals surface area contributed by atoms with E-state index in [0.29, 0.717) is 37.0 Å². The van der Waals surface area contributed by atoms with E-state index in [4.69, 9.17) is 19.9 Å². The Morgan fingerprint density at radius 1 is 1.14 bits per heavy atom. The minimum absolute atomic E-state index is 0.554. The number of benzene rings is 2. The lowest BCUT2D eigenvalue weighted by Crippen LogP contribution is -2.15. The molecule has 0 amide bonds. The predicted octanol–water partition coefficient (Wildman–Crippen LogP) is 2.93. The first-order chi connectivity index (χ1) is 10.3. The molecule has 1 heterocycles. The van der Waals surface area contributed by atoms with Crippen LogP contribution in [0.25, 0.3) is 0 Å². The van der Waals surface area contributed by atoms with E-state index in [0.717, 1.165) is 16.9 Å². The Hall–Kier alpha value is -2.40. The Balaban J connectivity index is 1.85. The van der Waals surface area contributed by atoms with Gasteiger partial charge in [-0.3, -0.25) is 0 Å². The molecule has 21 heavy (non-hydrogen) atoms. The summed E-state index contributed by atoms with van der Waals surface area (Å²) in [6.45, 7) is 1.68. The van der Waals surface area contributed by atoms with Gasteiger partial charge in [-0.2, -0.15) is 0 Å². The maximum absolute atomic E-state index is 6.07. The van der Waals surface area contributed by atoms with Crippen LogP contribution in [0.4, 0.5) is 17.1 Å². The van der Waals surface area contributed by atoms with Gasteiger partial charge in [0.1, 0.15) is 13.2 Å². The first-order valence-electron chi connectivity index (χ1n) is 6.80. The third-order valence-electron chi connectivity index (χ3n) is 3.23. The van der Waals surface area contributed by atoms with Crippen molar-refractivity contribution in [3.8, 4) is 11.5 Å². The van der Waals surface area contributed by atoms with Crippen LogP contribution < -0.4 is 20.5 Å². The second-order valence-electron chi connectivity index (χ2n) is 4.84. The van der Waals surface area contributed by atoms with Crippen LogP contribution in [0.5, 0.6) is 11.5 Å². The minimum Gasteiger partial charge on any atom is -0.486 e. The number of ether oxygens (including phenoxy) is 3. The number of nitrogen functional groups attached to an aromatic ring is 1. The largest absolute Gasteiger partial charge is 0.486 e. The summed E-state index contributed by atoms with van der Waals surface area (Å²) in [5.74, 6) is 1.41. The number of anilines is 3. The molecule has 5 nitrogen and oxygen atoms in total. The van der Waals surface area contributed by atoms with Crippen molar-refractivity contribution in [2.75, 3.05) is 31.4 Å². The molecule has 1 aliphatic rings. The molecule has 0 spiro atoms. The van der Waals surface area contributed by atoms with Crippen LogP contribution >= 0.6 is 0 Å². The van der Waals surface area contributed by atoms with E-state index in [1.807, 2.05) is 30.3 Å². The van der Waals surface area contributed by atoms with E-state index in [1.54, 1.807) is 13.2 Å². The summed E-state index contributed by atoms with van der Waals surface area (Å²) in [6, 6.07) is 11.7. The second kappa shape index (κ2) is 5.93. The van der Waals surface area contributed by atoms with Crippen LogP contribution in [0.3, 0.4) is 0 Å². The van der Waals surface area contributed by atoms with Gasteiger partial charge >= 0.3 is 0 Å². The molecular formula is C16H18N2O3. The van der Waals surface area contributed by atoms with Crippen LogP contribution in [-0.2, 0) is 11.3 Å². The highest BCUT2D eigenvalue weighted by Gasteiger charge is 2.14. The fourth-order valence-electron chi connectivity index (χ4n) is 2.27. The maximum Gasteiger partial charge on any atom is 0.163 e. The SMILES string of the molecule is COCc1cccc(Nc2cc3c(cc2N)OCCO3)c1. The number of fused-ring (bicyclic) bond motifs is 1. The lowest BCUT2D eigenvalue weighted by atomic mass is 10.2. The highest BCUT2D eigenvalue weighted by Crippen LogP contribution is 2.38. The first-order valence-corrected chi connectivity index (χ1v) is 6.80. The molecule has 0 atom stereocenters. The topological polar surface area (TPSA) is 65.7 Å². The average molecular weight is 286 g/mol. The van der Waals surface area contributed by atoms with E-state index in [-0.39, 0.29) is 0 Å². The first kappa shape index (κ1) is 13.6. The van der Waals surface area contributed by atoms with Gasteiger partial charge in [-0.15, -0.1) is 0 Å². The van der Waals surface area contributed by atoms with Crippen molar-refractivity contribution in [3.05, 3.63) is 42.0 Å². The molecule has 5 heteroatoms. The van der Waals surface area contributed by atoms with Gasteiger partial charge in [0.2, 0.25) is 0 Å². The standard InChI is InChI=1S/C16H18N2O3/c1-19-10-11-3-2-4-12(7-11)18-14-9-16-15(8-13(14)17)20-5-6-21-16/h2-4,7-9,18H,5-6,10,17H2,1H3. The van der Waals surface area contributed by atoms with E-state index >= 15 is 0 Å². The van der Waals surface area contributed by atoms with Gasteiger partial charge < -0.3 is 25.3 Å². The maximum atomic E-state index is 6.07. The Morgan fingerprint density at radius 2 is 1.90 bits per heavy atom. The smallest absolute Gasteiger partial charge is 0.163 e. The van der Waals surface area contributed by atoms with Crippen molar-refractivity contribution < 1.29 is 14.2 Å². The van der Waals surface area contributed by atoms with Crippen LogP contribution in [0.2, 0.25) is 0 Å². The Kier molecular flexibility index (Phi) is 3.83. The normalized spacial score (nSPS) is 13.0. The van der Waals surface area contributed by atoms with Gasteiger partial charge in [0.15, 0.2) is 11.5 Å². The Labute approximate surface area is 123 Å². The zero-order valence-electron chi connectivity index (χ0n) is 11.9. The molecule has 0 aromatic heterocycles. The van der Waals surface area contributed by atoms with Crippen LogP contribution in [-0.4, -0.2) is 20.3 Å². The van der Waals surface area contributed by atoms with E-state index in [9.17, 15) is 0 Å². The molecule has 0 aliphatic carbocycles. The number of nitrogens with two attached hydrogens (primary N) is 1. The third-order valence-corrected chi connectivity index (χ3v) is 3.23. The molecule has 1 aliphatic heterocycles. The number of methoxy groups -OCH3 is 1. The summed E-state index contributed by atoms with van der Waals surface area (Å²) < 4.78 is 16.2. The summed E-state index contributed by atoms with van der Waals surface area (Å²) in [7, 11) is 1.68. The van der Waals surface area contributed by atoms with E-state index in [1.165, 1.54) is 0 Å². The van der Waals surface area contributed by atoms with Gasteiger partial charge in [-0.25, -0.2) is 0 Å². The summed E-state index contributed by atoms with van der Waals surface area (Å²) >= 11 is 0. The molecular weight excluding hydrogens is 268 g/mol. The van der Waals surface area contributed by atoms with Crippen molar-refractivity contribution >= 4 is 17.1 Å². The van der Waals surface area contributed by atoms with Crippen molar-refractivity contribution in [1.29, 1.82) is 0 Å². The molecule has 0 saturated carbocycles. The fraction of sp³-hybridized carbons (Fsp3) is 0.250. The van der Waals surface area contributed by atoms with Crippen molar-refractivity contribution in [3.63, 3.8) is 0 Å². The lowest BCUT2D eigenvalue weighted by molar-refractivity contribution is 0.172. The number of hydrogen-bond acceptors (Lipinski definition) is 5. The minimum atomic E-state index is 0.554. The molecule has 0 fully saturated rings. The summed E-state index contributed by atoms with van der Waals surface area (Å²) in [5.41, 5.74) is 9.54. The summed E-state index contributed by atoms with van der Waals surface area (Å²) in [4.78, 5) is 0. The number of rotatable bonds is 4. The zero-order chi connectivity index (χ0) is 14.7. The molecule has 3 rings (SSSR count). The molecule has 0 radical (unpaired) electrons. The van der Waals surface area contributed by atoms with Crippen molar-refractivity contribution in [2.24, 2.45) is 0 Å². The van der Waals surface area contributed by atoms with Crippen LogP contribution in [0, 0.1) is 0 Å². The number of hydrogen-bond donors (Lipinski definition) is 2.